The molecule has 2 N–H and O–H groups in total. The van der Waals surface area contributed by atoms with Crippen LogP contribution in [0.4, 0.5) is 0 Å². The highest BCUT2D eigenvalue weighted by atomic mass is 32.2. The van der Waals surface area contributed by atoms with Crippen LogP contribution < -0.4 is 4.72 Å². The maximum atomic E-state index is 12.7. The summed E-state index contributed by atoms with van der Waals surface area (Å²) in [5.41, 5.74) is 2.28. The number of rotatable bonds is 5. The van der Waals surface area contributed by atoms with E-state index < -0.39 is 10.0 Å². The van der Waals surface area contributed by atoms with E-state index in [-0.39, 0.29) is 18.1 Å². The number of benzene rings is 1. The van der Waals surface area contributed by atoms with Gasteiger partial charge in [-0.05, 0) is 43.7 Å². The van der Waals surface area contributed by atoms with Crippen LogP contribution in [0.15, 0.2) is 17.0 Å². The Labute approximate surface area is 128 Å². The van der Waals surface area contributed by atoms with Crippen molar-refractivity contribution in [2.75, 3.05) is 6.61 Å². The minimum absolute atomic E-state index is 0.0453. The molecular weight excluding hydrogens is 286 g/mol. The summed E-state index contributed by atoms with van der Waals surface area (Å²) in [4.78, 5) is 0.347. The van der Waals surface area contributed by atoms with Crippen LogP contribution in [0, 0.1) is 26.2 Å². The molecule has 0 aliphatic carbocycles. The lowest BCUT2D eigenvalue weighted by molar-refractivity contribution is 0.214. The van der Waals surface area contributed by atoms with Crippen molar-refractivity contribution in [3.63, 3.8) is 0 Å². The fourth-order valence-electron chi connectivity index (χ4n) is 2.63. The fourth-order valence-corrected chi connectivity index (χ4v) is 4.56. The molecule has 0 amide bonds. The summed E-state index contributed by atoms with van der Waals surface area (Å²) in [6, 6.07) is 3.44. The zero-order valence-electron chi connectivity index (χ0n) is 13.8. The van der Waals surface area contributed by atoms with Crippen molar-refractivity contribution in [3.8, 4) is 0 Å². The third-order valence-corrected chi connectivity index (χ3v) is 5.41. The Hall–Kier alpha value is -0.910. The lowest BCUT2D eigenvalue weighted by atomic mass is 9.86. The molecule has 21 heavy (non-hydrogen) atoms. The van der Waals surface area contributed by atoms with Crippen LogP contribution in [-0.2, 0) is 10.0 Å². The highest BCUT2D eigenvalue weighted by Crippen LogP contribution is 2.26. The molecule has 0 spiro atoms. The van der Waals surface area contributed by atoms with E-state index in [0.29, 0.717) is 11.3 Å². The van der Waals surface area contributed by atoms with Gasteiger partial charge in [0, 0.05) is 12.6 Å². The molecule has 1 atom stereocenters. The SMILES string of the molecule is Cc1cc(C)c(S(=O)(=O)NC(CCO)C(C)(C)C)c(C)c1. The highest BCUT2D eigenvalue weighted by Gasteiger charge is 2.30. The first-order valence-corrected chi connectivity index (χ1v) is 8.68. The van der Waals surface area contributed by atoms with Gasteiger partial charge in [0.25, 0.3) is 0 Å². The summed E-state index contributed by atoms with van der Waals surface area (Å²) >= 11 is 0. The molecule has 0 heterocycles. The number of sulfonamides is 1. The average Bonchev–Trinajstić information content (AvgIpc) is 2.24. The Morgan fingerprint density at radius 2 is 1.62 bits per heavy atom. The smallest absolute Gasteiger partial charge is 0.241 e. The van der Waals surface area contributed by atoms with Crippen LogP contribution in [0.25, 0.3) is 0 Å². The normalized spacial score (nSPS) is 14.2. The standard InChI is InChI=1S/C16H27NO3S/c1-11-9-12(2)15(13(3)10-11)21(19,20)17-14(7-8-18)16(4,5)6/h9-10,14,17-18H,7-8H2,1-6H3. The van der Waals surface area contributed by atoms with Crippen LogP contribution >= 0.6 is 0 Å². The first-order valence-electron chi connectivity index (χ1n) is 7.20. The van der Waals surface area contributed by atoms with Gasteiger partial charge >= 0.3 is 0 Å². The van der Waals surface area contributed by atoms with E-state index in [4.69, 9.17) is 0 Å². The predicted molar refractivity (Wildman–Crippen MR) is 85.9 cm³/mol. The average molecular weight is 313 g/mol. The van der Waals surface area contributed by atoms with Crippen molar-refractivity contribution in [3.05, 3.63) is 28.8 Å². The fraction of sp³-hybridized carbons (Fsp3) is 0.625. The van der Waals surface area contributed by atoms with E-state index in [1.54, 1.807) is 0 Å². The molecule has 0 saturated heterocycles. The number of hydrogen-bond acceptors (Lipinski definition) is 3. The second-order valence-electron chi connectivity index (χ2n) is 6.78. The lowest BCUT2D eigenvalue weighted by Crippen LogP contribution is -2.44. The monoisotopic (exact) mass is 313 g/mol. The minimum atomic E-state index is -3.60. The van der Waals surface area contributed by atoms with Crippen molar-refractivity contribution in [2.24, 2.45) is 5.41 Å². The molecule has 1 rings (SSSR count). The molecule has 4 nitrogen and oxygen atoms in total. The van der Waals surface area contributed by atoms with Gasteiger partial charge in [0.15, 0.2) is 0 Å². The number of aliphatic hydroxyl groups excluding tert-OH is 1. The quantitative estimate of drug-likeness (QED) is 0.878. The molecule has 0 fully saturated rings. The molecule has 5 heteroatoms. The van der Waals surface area contributed by atoms with Crippen molar-refractivity contribution < 1.29 is 13.5 Å². The Bertz CT molecular complexity index is 577. The molecule has 0 aliphatic heterocycles. The van der Waals surface area contributed by atoms with Crippen LogP contribution in [-0.4, -0.2) is 26.2 Å². The Morgan fingerprint density at radius 3 is 2.00 bits per heavy atom. The van der Waals surface area contributed by atoms with E-state index in [9.17, 15) is 13.5 Å². The molecule has 0 bridgehead atoms. The van der Waals surface area contributed by atoms with E-state index >= 15 is 0 Å². The molecule has 1 aromatic carbocycles. The Morgan fingerprint density at radius 1 is 1.14 bits per heavy atom. The first-order chi connectivity index (χ1) is 9.49. The summed E-state index contributed by atoms with van der Waals surface area (Å²) in [7, 11) is -3.60. The third kappa shape index (κ3) is 4.53. The van der Waals surface area contributed by atoms with Gasteiger partial charge in [-0.25, -0.2) is 13.1 Å². The van der Waals surface area contributed by atoms with E-state index in [1.807, 2.05) is 53.7 Å². The number of nitrogens with one attached hydrogen (secondary N) is 1. The summed E-state index contributed by atoms with van der Waals surface area (Å²) in [5, 5.41) is 9.18. The van der Waals surface area contributed by atoms with Gasteiger partial charge in [-0.15, -0.1) is 0 Å². The van der Waals surface area contributed by atoms with Crippen LogP contribution in [0.3, 0.4) is 0 Å². The van der Waals surface area contributed by atoms with Gasteiger partial charge in [0.1, 0.15) is 0 Å². The molecular formula is C16H27NO3S. The van der Waals surface area contributed by atoms with Crippen LogP contribution in [0.1, 0.15) is 43.9 Å². The predicted octanol–water partition coefficient (Wildman–Crippen LogP) is 2.69. The molecule has 0 aromatic heterocycles. The molecule has 120 valence electrons. The van der Waals surface area contributed by atoms with Gasteiger partial charge in [0.2, 0.25) is 10.0 Å². The number of aliphatic hydroxyl groups is 1. The summed E-state index contributed by atoms with van der Waals surface area (Å²) in [5.74, 6) is 0. The first kappa shape index (κ1) is 18.1. The van der Waals surface area contributed by atoms with E-state index in [0.717, 1.165) is 16.7 Å². The topological polar surface area (TPSA) is 66.4 Å². The lowest BCUT2D eigenvalue weighted by Gasteiger charge is -2.31. The second-order valence-corrected chi connectivity index (χ2v) is 8.43. The van der Waals surface area contributed by atoms with Gasteiger partial charge in [-0.2, -0.15) is 0 Å². The van der Waals surface area contributed by atoms with Crippen molar-refractivity contribution >= 4 is 10.0 Å². The van der Waals surface area contributed by atoms with Gasteiger partial charge < -0.3 is 5.11 Å². The summed E-state index contributed by atoms with van der Waals surface area (Å²) in [6.45, 7) is 11.4. The van der Waals surface area contributed by atoms with Gasteiger partial charge in [-0.3, -0.25) is 0 Å². The Kier molecular flexibility index (Phi) is 5.58. The summed E-state index contributed by atoms with van der Waals surface area (Å²) < 4.78 is 28.2. The molecule has 1 unspecified atom stereocenters. The zero-order valence-corrected chi connectivity index (χ0v) is 14.6. The minimum Gasteiger partial charge on any atom is -0.396 e. The van der Waals surface area contributed by atoms with Crippen LogP contribution in [0.5, 0.6) is 0 Å². The third-order valence-electron chi connectivity index (χ3n) is 3.63. The Balaban J connectivity index is 3.23. The maximum absolute atomic E-state index is 12.7. The largest absolute Gasteiger partial charge is 0.396 e. The van der Waals surface area contributed by atoms with Gasteiger partial charge in [0.05, 0.1) is 4.90 Å². The van der Waals surface area contributed by atoms with E-state index in [2.05, 4.69) is 4.72 Å². The molecule has 0 saturated carbocycles. The van der Waals surface area contributed by atoms with Gasteiger partial charge in [-0.1, -0.05) is 38.5 Å². The van der Waals surface area contributed by atoms with Crippen molar-refractivity contribution in [1.82, 2.24) is 4.72 Å². The van der Waals surface area contributed by atoms with Crippen LogP contribution in [0.2, 0.25) is 0 Å². The second kappa shape index (κ2) is 6.46. The van der Waals surface area contributed by atoms with Crippen molar-refractivity contribution in [2.45, 2.75) is 58.9 Å². The highest BCUT2D eigenvalue weighted by molar-refractivity contribution is 7.89. The molecule has 0 aliphatic rings. The van der Waals surface area contributed by atoms with Crippen molar-refractivity contribution in [1.29, 1.82) is 0 Å². The zero-order chi connectivity index (χ0) is 16.4. The maximum Gasteiger partial charge on any atom is 0.241 e. The van der Waals surface area contributed by atoms with E-state index in [1.165, 1.54) is 0 Å². The summed E-state index contributed by atoms with van der Waals surface area (Å²) in [6.07, 6.45) is 0.396. The molecule has 1 aromatic rings. The number of hydrogen-bond donors (Lipinski definition) is 2. The number of aryl methyl sites for hydroxylation is 3. The molecule has 0 radical (unpaired) electrons.